The first-order chi connectivity index (χ1) is 12.9. The number of para-hydroxylation sites is 1. The quantitative estimate of drug-likeness (QED) is 0.661. The Labute approximate surface area is 154 Å². The van der Waals surface area contributed by atoms with Crippen LogP contribution in [0.1, 0.15) is 27.6 Å². The normalized spacial score (nSPS) is 10.7. The molecule has 0 N–H and O–H groups in total. The molecule has 0 aliphatic carbocycles. The Balaban J connectivity index is 1.73. The van der Waals surface area contributed by atoms with Gasteiger partial charge in [-0.15, -0.1) is 0 Å². The highest BCUT2D eigenvalue weighted by atomic mass is 19.1. The molecule has 1 aromatic heterocycles. The minimum absolute atomic E-state index is 0.0106. The lowest BCUT2D eigenvalue weighted by molar-refractivity contribution is 0.0778. The Bertz CT molecular complexity index is 959. The van der Waals surface area contributed by atoms with Crippen LogP contribution in [0.2, 0.25) is 0 Å². The molecule has 1 heterocycles. The van der Waals surface area contributed by atoms with Crippen molar-refractivity contribution in [3.63, 3.8) is 0 Å². The fourth-order valence-corrected chi connectivity index (χ4v) is 2.49. The van der Waals surface area contributed by atoms with Crippen LogP contribution < -0.4 is 4.74 Å². The van der Waals surface area contributed by atoms with Gasteiger partial charge in [0.25, 0.3) is 5.91 Å². The van der Waals surface area contributed by atoms with Gasteiger partial charge in [-0.3, -0.25) is 4.79 Å². The number of rotatable bonds is 6. The zero-order valence-corrected chi connectivity index (χ0v) is 14.8. The highest BCUT2D eigenvalue weighted by molar-refractivity contribution is 5.96. The van der Waals surface area contributed by atoms with Crippen molar-refractivity contribution in [1.82, 2.24) is 15.0 Å². The summed E-state index contributed by atoms with van der Waals surface area (Å²) in [5, 5.41) is 3.73. The van der Waals surface area contributed by atoms with Gasteiger partial charge >= 0.3 is 0 Å². The van der Waals surface area contributed by atoms with Gasteiger partial charge in [0.2, 0.25) is 11.7 Å². The number of carbonyl (C=O) groups excluding carboxylic acids is 1. The molecule has 0 unspecified atom stereocenters. The number of halogens is 2. The van der Waals surface area contributed by atoms with E-state index in [0.717, 1.165) is 12.1 Å². The molecule has 140 valence electrons. The van der Waals surface area contributed by atoms with Crippen LogP contribution in [0.4, 0.5) is 8.78 Å². The predicted octanol–water partition coefficient (Wildman–Crippen LogP) is 3.51. The van der Waals surface area contributed by atoms with Crippen LogP contribution >= 0.6 is 0 Å². The van der Waals surface area contributed by atoms with Crippen molar-refractivity contribution in [2.24, 2.45) is 0 Å². The Kier molecular flexibility index (Phi) is 5.44. The van der Waals surface area contributed by atoms with Crippen LogP contribution in [0.15, 0.2) is 47.0 Å². The molecule has 0 aliphatic rings. The van der Waals surface area contributed by atoms with Gasteiger partial charge in [0.1, 0.15) is 17.4 Å². The smallest absolute Gasteiger partial charge is 0.257 e. The summed E-state index contributed by atoms with van der Waals surface area (Å²) < 4.78 is 37.4. The van der Waals surface area contributed by atoms with E-state index in [1.54, 1.807) is 31.2 Å². The molecule has 27 heavy (non-hydrogen) atoms. The topological polar surface area (TPSA) is 68.5 Å². The van der Waals surface area contributed by atoms with Gasteiger partial charge in [-0.05, 0) is 18.2 Å². The summed E-state index contributed by atoms with van der Waals surface area (Å²) in [5.74, 6) is -0.613. The summed E-state index contributed by atoms with van der Waals surface area (Å²) in [6, 6.07) is 9.94. The zero-order valence-electron chi connectivity index (χ0n) is 14.8. The molecule has 0 fully saturated rings. The number of aryl methyl sites for hydroxylation is 1. The van der Waals surface area contributed by atoms with E-state index in [1.165, 1.54) is 18.0 Å². The first-order valence-corrected chi connectivity index (χ1v) is 8.14. The number of hydrogen-bond donors (Lipinski definition) is 0. The van der Waals surface area contributed by atoms with E-state index < -0.39 is 11.6 Å². The van der Waals surface area contributed by atoms with Gasteiger partial charge in [0, 0.05) is 32.1 Å². The van der Waals surface area contributed by atoms with Crippen molar-refractivity contribution in [3.05, 3.63) is 76.9 Å². The highest BCUT2D eigenvalue weighted by Gasteiger charge is 2.18. The molecular formula is C19H17F2N3O3. The van der Waals surface area contributed by atoms with E-state index in [4.69, 9.17) is 9.26 Å². The molecule has 2 aromatic carbocycles. The fourth-order valence-electron chi connectivity index (χ4n) is 2.49. The zero-order chi connectivity index (χ0) is 19.4. The van der Waals surface area contributed by atoms with E-state index in [2.05, 4.69) is 10.1 Å². The van der Waals surface area contributed by atoms with E-state index in [-0.39, 0.29) is 24.6 Å². The second-order valence-corrected chi connectivity index (χ2v) is 5.91. The third-order valence-electron chi connectivity index (χ3n) is 3.81. The average molecular weight is 373 g/mol. The number of benzene rings is 2. The van der Waals surface area contributed by atoms with Crippen molar-refractivity contribution in [1.29, 1.82) is 0 Å². The van der Waals surface area contributed by atoms with E-state index in [1.807, 2.05) is 0 Å². The van der Waals surface area contributed by atoms with Gasteiger partial charge in [-0.2, -0.15) is 4.98 Å². The van der Waals surface area contributed by atoms with Crippen LogP contribution in [-0.4, -0.2) is 28.0 Å². The summed E-state index contributed by atoms with van der Waals surface area (Å²) in [6.07, 6.45) is 0. The van der Waals surface area contributed by atoms with Gasteiger partial charge in [0.15, 0.2) is 6.61 Å². The van der Waals surface area contributed by atoms with Crippen molar-refractivity contribution in [2.75, 3.05) is 7.05 Å². The Morgan fingerprint density at radius 1 is 1.22 bits per heavy atom. The summed E-state index contributed by atoms with van der Waals surface area (Å²) in [6.45, 7) is 1.69. The molecule has 0 saturated heterocycles. The van der Waals surface area contributed by atoms with E-state index >= 15 is 0 Å². The summed E-state index contributed by atoms with van der Waals surface area (Å²) in [7, 11) is 1.53. The number of nitrogens with zero attached hydrogens (tertiary/aromatic N) is 3. The van der Waals surface area contributed by atoms with E-state index in [9.17, 15) is 13.6 Å². The molecule has 1 amide bonds. The molecule has 3 aromatic rings. The lowest BCUT2D eigenvalue weighted by atomic mass is 10.1. The lowest BCUT2D eigenvalue weighted by Gasteiger charge is -2.19. The van der Waals surface area contributed by atoms with Gasteiger partial charge < -0.3 is 14.2 Å². The Hall–Kier alpha value is -3.29. The molecule has 0 bridgehead atoms. The minimum atomic E-state index is -0.702. The molecule has 0 saturated carbocycles. The van der Waals surface area contributed by atoms with Crippen LogP contribution in [0, 0.1) is 18.6 Å². The van der Waals surface area contributed by atoms with Gasteiger partial charge in [-0.1, -0.05) is 23.4 Å². The number of hydrogen-bond acceptors (Lipinski definition) is 5. The monoisotopic (exact) mass is 373 g/mol. The van der Waals surface area contributed by atoms with Crippen LogP contribution in [0.25, 0.3) is 0 Å². The number of amides is 1. The predicted molar refractivity (Wildman–Crippen MR) is 92.0 cm³/mol. The van der Waals surface area contributed by atoms with Gasteiger partial charge in [-0.25, -0.2) is 8.78 Å². The SMILES string of the molecule is Cc1nc(COc2ccccc2C(=O)N(C)Cc2ccc(F)cc2F)no1. The van der Waals surface area contributed by atoms with Crippen LogP contribution in [0.3, 0.4) is 0 Å². The number of aromatic nitrogens is 2. The fraction of sp³-hybridized carbons (Fsp3) is 0.211. The van der Waals surface area contributed by atoms with Crippen molar-refractivity contribution >= 4 is 5.91 Å². The number of carbonyl (C=O) groups is 1. The standard InChI is InChI=1S/C19H17F2N3O3/c1-12-22-18(23-27-12)11-26-17-6-4-3-5-15(17)19(25)24(2)10-13-7-8-14(20)9-16(13)21/h3-9H,10-11H2,1-2H3. The molecule has 8 heteroatoms. The molecule has 0 spiro atoms. The maximum absolute atomic E-state index is 13.8. The summed E-state index contributed by atoms with van der Waals surface area (Å²) in [5.41, 5.74) is 0.524. The molecule has 3 rings (SSSR count). The molecular weight excluding hydrogens is 356 g/mol. The van der Waals surface area contributed by atoms with E-state index in [0.29, 0.717) is 23.0 Å². The van der Waals surface area contributed by atoms with Crippen molar-refractivity contribution in [3.8, 4) is 5.75 Å². The average Bonchev–Trinajstić information content (AvgIpc) is 3.07. The molecule has 0 radical (unpaired) electrons. The molecule has 0 aliphatic heterocycles. The molecule has 6 nitrogen and oxygen atoms in total. The third-order valence-corrected chi connectivity index (χ3v) is 3.81. The maximum atomic E-state index is 13.8. The number of ether oxygens (including phenoxy) is 1. The summed E-state index contributed by atoms with van der Waals surface area (Å²) in [4.78, 5) is 18.1. The van der Waals surface area contributed by atoms with Crippen molar-refractivity contribution in [2.45, 2.75) is 20.1 Å². The lowest BCUT2D eigenvalue weighted by Crippen LogP contribution is -2.27. The highest BCUT2D eigenvalue weighted by Crippen LogP contribution is 2.22. The Morgan fingerprint density at radius 3 is 2.70 bits per heavy atom. The maximum Gasteiger partial charge on any atom is 0.257 e. The second-order valence-electron chi connectivity index (χ2n) is 5.91. The molecule has 0 atom stereocenters. The van der Waals surface area contributed by atoms with Gasteiger partial charge in [0.05, 0.1) is 5.56 Å². The van der Waals surface area contributed by atoms with Crippen molar-refractivity contribution < 1.29 is 22.8 Å². The van der Waals surface area contributed by atoms with Crippen LogP contribution in [0.5, 0.6) is 5.75 Å². The summed E-state index contributed by atoms with van der Waals surface area (Å²) >= 11 is 0. The minimum Gasteiger partial charge on any atom is -0.485 e. The third kappa shape index (κ3) is 4.46. The first kappa shape index (κ1) is 18.5. The first-order valence-electron chi connectivity index (χ1n) is 8.14. The van der Waals surface area contributed by atoms with Crippen LogP contribution in [-0.2, 0) is 13.2 Å². The Morgan fingerprint density at radius 2 is 2.00 bits per heavy atom. The largest absolute Gasteiger partial charge is 0.485 e. The second kappa shape index (κ2) is 7.94.